The van der Waals surface area contributed by atoms with Crippen molar-refractivity contribution < 1.29 is 9.53 Å². The summed E-state index contributed by atoms with van der Waals surface area (Å²) < 4.78 is 9.10. The number of hydrogen-bond donors (Lipinski definition) is 0. The Morgan fingerprint density at radius 1 is 1.00 bits per heavy atom. The Labute approximate surface area is 236 Å². The molecule has 39 heavy (non-hydrogen) atoms. The Morgan fingerprint density at radius 2 is 1.77 bits per heavy atom. The highest BCUT2D eigenvalue weighted by Crippen LogP contribution is 2.26. The number of aryl methyl sites for hydroxylation is 2. The molecule has 198 valence electrons. The first kappa shape index (κ1) is 26.8. The number of fused-ring (bicyclic) bond motifs is 1. The molecule has 2 aromatic heterocycles. The first-order chi connectivity index (χ1) is 18.9. The fraction of sp³-hybridized carbons (Fsp3) is 0.194. The number of Topliss-reactive ketones (excluding diaryl/α,β-unsaturated/α-hetero) is 1. The first-order valence-corrected chi connectivity index (χ1v) is 14.0. The highest BCUT2D eigenvalue weighted by molar-refractivity contribution is 7.99. The van der Waals surface area contributed by atoms with Gasteiger partial charge in [-0.25, -0.2) is 4.98 Å². The molecule has 0 fully saturated rings. The van der Waals surface area contributed by atoms with E-state index in [1.165, 1.54) is 17.3 Å². The van der Waals surface area contributed by atoms with Gasteiger partial charge in [-0.1, -0.05) is 53.7 Å². The number of aromatic nitrogens is 3. The highest BCUT2D eigenvalue weighted by Gasteiger charge is 2.19. The van der Waals surface area contributed by atoms with Crippen LogP contribution in [0.15, 0.2) is 88.8 Å². The average Bonchev–Trinajstić information content (AvgIpc) is 3.24. The van der Waals surface area contributed by atoms with Crippen molar-refractivity contribution in [3.63, 3.8) is 0 Å². The predicted octanol–water partition coefficient (Wildman–Crippen LogP) is 6.68. The fourth-order valence-electron chi connectivity index (χ4n) is 4.71. The molecule has 0 saturated heterocycles. The molecule has 0 radical (unpaired) electrons. The Morgan fingerprint density at radius 3 is 2.54 bits per heavy atom. The third-order valence-corrected chi connectivity index (χ3v) is 7.99. The van der Waals surface area contributed by atoms with Crippen molar-refractivity contribution in [2.45, 2.75) is 32.0 Å². The third-order valence-electron chi connectivity index (χ3n) is 6.80. The van der Waals surface area contributed by atoms with Crippen LogP contribution in [0, 0.1) is 13.8 Å². The number of ketones is 1. The van der Waals surface area contributed by atoms with Crippen LogP contribution in [0.3, 0.4) is 0 Å². The van der Waals surface area contributed by atoms with Gasteiger partial charge in [-0.3, -0.25) is 14.2 Å². The van der Waals surface area contributed by atoms with Crippen LogP contribution in [0.5, 0.6) is 5.75 Å². The van der Waals surface area contributed by atoms with E-state index in [-0.39, 0.29) is 17.1 Å². The summed E-state index contributed by atoms with van der Waals surface area (Å²) in [6.07, 6.45) is 0.837. The number of benzene rings is 3. The van der Waals surface area contributed by atoms with Gasteiger partial charge in [-0.05, 0) is 68.3 Å². The van der Waals surface area contributed by atoms with Gasteiger partial charge in [0.1, 0.15) is 5.75 Å². The number of thioether (sulfide) groups is 1. The lowest BCUT2D eigenvalue weighted by Crippen LogP contribution is -2.22. The van der Waals surface area contributed by atoms with Crippen LogP contribution in [0.25, 0.3) is 16.6 Å². The smallest absolute Gasteiger partial charge is 0.266 e. The summed E-state index contributed by atoms with van der Waals surface area (Å²) in [6, 6.07) is 24.3. The Hall–Kier alpha value is -3.81. The number of rotatable bonds is 9. The monoisotopic (exact) mass is 557 g/mol. The van der Waals surface area contributed by atoms with Crippen molar-refractivity contribution in [1.29, 1.82) is 0 Å². The van der Waals surface area contributed by atoms with Crippen molar-refractivity contribution in [2.24, 2.45) is 0 Å². The topological polar surface area (TPSA) is 66.1 Å². The largest absolute Gasteiger partial charge is 0.497 e. The molecule has 0 bridgehead atoms. The van der Waals surface area contributed by atoms with Crippen LogP contribution >= 0.6 is 23.4 Å². The SMILES string of the molecule is COc1cccc(-n2c(SCC(=O)c3cc(C)n(CCc4ccc(Cl)cc4)c3C)nc3ccccc3c2=O)c1. The molecule has 0 aliphatic carbocycles. The van der Waals surface area contributed by atoms with Gasteiger partial charge in [-0.15, -0.1) is 0 Å². The van der Waals surface area contributed by atoms with Gasteiger partial charge >= 0.3 is 0 Å². The molecule has 0 spiro atoms. The first-order valence-electron chi connectivity index (χ1n) is 12.6. The van der Waals surface area contributed by atoms with E-state index in [2.05, 4.69) is 4.57 Å². The Kier molecular flexibility index (Phi) is 7.91. The summed E-state index contributed by atoms with van der Waals surface area (Å²) in [5.41, 5.74) is 4.88. The molecule has 0 unspecified atom stereocenters. The number of carbonyl (C=O) groups excluding carboxylic acids is 1. The van der Waals surface area contributed by atoms with E-state index in [1.54, 1.807) is 23.8 Å². The van der Waals surface area contributed by atoms with Gasteiger partial charge in [-0.2, -0.15) is 0 Å². The minimum atomic E-state index is -0.191. The van der Waals surface area contributed by atoms with Gasteiger partial charge in [0, 0.05) is 34.6 Å². The quantitative estimate of drug-likeness (QED) is 0.115. The summed E-state index contributed by atoms with van der Waals surface area (Å²) in [4.78, 5) is 31.7. The van der Waals surface area contributed by atoms with Crippen molar-refractivity contribution in [1.82, 2.24) is 14.1 Å². The van der Waals surface area contributed by atoms with Gasteiger partial charge in [0.2, 0.25) is 0 Å². The molecular formula is C31H28ClN3O3S. The average molecular weight is 558 g/mol. The number of nitrogens with zero attached hydrogens (tertiary/aromatic N) is 3. The molecule has 0 aliphatic heterocycles. The Bertz CT molecular complexity index is 1720. The molecule has 8 heteroatoms. The van der Waals surface area contributed by atoms with E-state index < -0.39 is 0 Å². The summed E-state index contributed by atoms with van der Waals surface area (Å²) in [5.74, 6) is 0.770. The van der Waals surface area contributed by atoms with E-state index in [9.17, 15) is 9.59 Å². The molecule has 6 nitrogen and oxygen atoms in total. The number of halogens is 1. The summed E-state index contributed by atoms with van der Waals surface area (Å²) in [7, 11) is 1.58. The molecule has 0 amide bonds. The van der Waals surface area contributed by atoms with Crippen LogP contribution in [-0.2, 0) is 13.0 Å². The molecule has 0 aliphatic rings. The maximum atomic E-state index is 13.5. The number of ether oxygens (including phenoxy) is 1. The molecule has 2 heterocycles. The molecule has 5 rings (SSSR count). The van der Waals surface area contributed by atoms with E-state index in [4.69, 9.17) is 21.3 Å². The van der Waals surface area contributed by atoms with Crippen LogP contribution < -0.4 is 10.3 Å². The van der Waals surface area contributed by atoms with Crippen molar-refractivity contribution in [3.05, 3.63) is 117 Å². The number of carbonyl (C=O) groups is 1. The summed E-state index contributed by atoms with van der Waals surface area (Å²) in [6.45, 7) is 4.76. The summed E-state index contributed by atoms with van der Waals surface area (Å²) in [5, 5.41) is 1.69. The zero-order chi connectivity index (χ0) is 27.5. The van der Waals surface area contributed by atoms with Crippen molar-refractivity contribution in [3.8, 4) is 11.4 Å². The lowest BCUT2D eigenvalue weighted by atomic mass is 10.1. The molecule has 5 aromatic rings. The zero-order valence-corrected chi connectivity index (χ0v) is 23.6. The van der Waals surface area contributed by atoms with Gasteiger partial charge in [0.25, 0.3) is 5.56 Å². The van der Waals surface area contributed by atoms with Crippen LogP contribution in [0.1, 0.15) is 27.3 Å². The van der Waals surface area contributed by atoms with E-state index in [0.717, 1.165) is 29.4 Å². The standard InChI is InChI=1S/C31H28ClN3O3S/c1-20-17-27(21(2)34(20)16-15-22-11-13-23(32)14-12-22)29(36)19-39-31-33-28-10-5-4-9-26(28)30(37)35(31)24-7-6-8-25(18-24)38-3/h4-14,17-18H,15-16,19H2,1-3H3. The minimum absolute atomic E-state index is 0.00885. The van der Waals surface area contributed by atoms with Crippen LogP contribution in [0.4, 0.5) is 0 Å². The Balaban J connectivity index is 1.41. The van der Waals surface area contributed by atoms with Gasteiger partial charge < -0.3 is 9.30 Å². The normalized spacial score (nSPS) is 11.2. The second kappa shape index (κ2) is 11.5. The molecule has 0 atom stereocenters. The maximum absolute atomic E-state index is 13.5. The lowest BCUT2D eigenvalue weighted by molar-refractivity contribution is 0.102. The second-order valence-electron chi connectivity index (χ2n) is 9.28. The van der Waals surface area contributed by atoms with Gasteiger partial charge in [0.15, 0.2) is 10.9 Å². The zero-order valence-electron chi connectivity index (χ0n) is 22.0. The fourth-order valence-corrected chi connectivity index (χ4v) is 5.74. The highest BCUT2D eigenvalue weighted by atomic mass is 35.5. The molecule has 0 N–H and O–H groups in total. The second-order valence-corrected chi connectivity index (χ2v) is 10.7. The third kappa shape index (κ3) is 5.65. The van der Waals surface area contributed by atoms with Crippen LogP contribution in [0.2, 0.25) is 5.02 Å². The molecular weight excluding hydrogens is 530 g/mol. The number of methoxy groups -OCH3 is 1. The van der Waals surface area contributed by atoms with E-state index >= 15 is 0 Å². The molecule has 3 aromatic carbocycles. The van der Waals surface area contributed by atoms with Crippen molar-refractivity contribution in [2.75, 3.05) is 12.9 Å². The predicted molar refractivity (Wildman–Crippen MR) is 158 cm³/mol. The van der Waals surface area contributed by atoms with Gasteiger partial charge in [0.05, 0.1) is 29.5 Å². The lowest BCUT2D eigenvalue weighted by Gasteiger charge is -2.14. The number of para-hydroxylation sites is 1. The van der Waals surface area contributed by atoms with E-state index in [0.29, 0.717) is 33.1 Å². The minimum Gasteiger partial charge on any atom is -0.497 e. The maximum Gasteiger partial charge on any atom is 0.266 e. The van der Waals surface area contributed by atoms with Crippen molar-refractivity contribution >= 4 is 40.0 Å². The van der Waals surface area contributed by atoms with E-state index in [1.807, 2.05) is 80.6 Å². The summed E-state index contributed by atoms with van der Waals surface area (Å²) >= 11 is 7.28. The molecule has 0 saturated carbocycles. The van der Waals surface area contributed by atoms with Crippen LogP contribution in [-0.4, -0.2) is 32.8 Å². The number of hydrogen-bond acceptors (Lipinski definition) is 5.